The summed E-state index contributed by atoms with van der Waals surface area (Å²) in [5.41, 5.74) is 3.53. The van der Waals surface area contributed by atoms with E-state index in [-0.39, 0.29) is 18.2 Å². The molecule has 3 aromatic rings. The highest BCUT2D eigenvalue weighted by Crippen LogP contribution is 2.27. The number of hydrogen-bond acceptors (Lipinski definition) is 4. The van der Waals surface area contributed by atoms with Gasteiger partial charge in [0.1, 0.15) is 17.7 Å². The van der Waals surface area contributed by atoms with Gasteiger partial charge in [-0.2, -0.15) is 0 Å². The molecule has 0 aliphatic rings. The third-order valence-electron chi connectivity index (χ3n) is 7.41. The Morgan fingerprint density at radius 2 is 1.45 bits per heavy atom. The van der Waals surface area contributed by atoms with Gasteiger partial charge in [0.15, 0.2) is 0 Å². The molecular formula is C37H49N3O4. The number of benzene rings is 3. The third kappa shape index (κ3) is 10.9. The van der Waals surface area contributed by atoms with Crippen molar-refractivity contribution in [1.82, 2.24) is 10.2 Å². The molecule has 0 aliphatic carbocycles. The highest BCUT2D eigenvalue weighted by atomic mass is 16.6. The van der Waals surface area contributed by atoms with E-state index < -0.39 is 23.8 Å². The van der Waals surface area contributed by atoms with Gasteiger partial charge in [0.05, 0.1) is 0 Å². The second-order valence-corrected chi connectivity index (χ2v) is 12.5. The number of unbranched alkanes of at least 4 members (excludes halogenated alkanes) is 4. The van der Waals surface area contributed by atoms with Crippen molar-refractivity contribution in [3.05, 3.63) is 101 Å². The third-order valence-corrected chi connectivity index (χ3v) is 7.41. The van der Waals surface area contributed by atoms with Gasteiger partial charge < -0.3 is 20.3 Å². The molecule has 0 saturated heterocycles. The highest BCUT2D eigenvalue weighted by molar-refractivity contribution is 5.99. The Morgan fingerprint density at radius 3 is 2.09 bits per heavy atom. The molecule has 3 amide bonds. The molecule has 3 aromatic carbocycles. The van der Waals surface area contributed by atoms with Crippen LogP contribution in [0.15, 0.2) is 78.9 Å². The minimum atomic E-state index is -0.942. The van der Waals surface area contributed by atoms with E-state index in [0.717, 1.165) is 48.8 Å². The molecule has 0 fully saturated rings. The number of aryl methyl sites for hydroxylation is 2. The molecule has 236 valence electrons. The SMILES string of the molecule is CCCCCCCN(C(=O)C(Cc1ccccc1)NC(=O)OC(C)(C)C)C(C(=O)Nc1ccccc1C)c1ccc(C)cc1. The number of nitrogens with zero attached hydrogens (tertiary/aromatic N) is 1. The lowest BCUT2D eigenvalue weighted by Crippen LogP contribution is -2.53. The van der Waals surface area contributed by atoms with E-state index in [9.17, 15) is 14.4 Å². The smallest absolute Gasteiger partial charge is 0.408 e. The van der Waals surface area contributed by atoms with Gasteiger partial charge in [0, 0.05) is 18.7 Å². The quantitative estimate of drug-likeness (QED) is 0.184. The first-order chi connectivity index (χ1) is 21.0. The van der Waals surface area contributed by atoms with E-state index in [1.165, 1.54) is 0 Å². The van der Waals surface area contributed by atoms with Gasteiger partial charge in [-0.25, -0.2) is 4.79 Å². The Hall–Kier alpha value is -4.13. The summed E-state index contributed by atoms with van der Waals surface area (Å²) in [4.78, 5) is 43.5. The average Bonchev–Trinajstić information content (AvgIpc) is 2.97. The van der Waals surface area contributed by atoms with Crippen LogP contribution in [0.4, 0.5) is 10.5 Å². The minimum Gasteiger partial charge on any atom is -0.444 e. The lowest BCUT2D eigenvalue weighted by atomic mass is 9.98. The van der Waals surface area contributed by atoms with Crippen molar-refractivity contribution in [2.24, 2.45) is 0 Å². The minimum absolute atomic E-state index is 0.255. The fourth-order valence-electron chi connectivity index (χ4n) is 5.09. The van der Waals surface area contributed by atoms with Crippen LogP contribution in [-0.4, -0.2) is 41.0 Å². The average molecular weight is 600 g/mol. The summed E-state index contributed by atoms with van der Waals surface area (Å²) in [6.07, 6.45) is 4.51. The summed E-state index contributed by atoms with van der Waals surface area (Å²) in [6.45, 7) is 11.8. The van der Waals surface area contributed by atoms with Crippen molar-refractivity contribution in [3.8, 4) is 0 Å². The lowest BCUT2D eigenvalue weighted by Gasteiger charge is -2.35. The van der Waals surface area contributed by atoms with Crippen molar-refractivity contribution in [2.75, 3.05) is 11.9 Å². The van der Waals surface area contributed by atoms with Crippen molar-refractivity contribution in [1.29, 1.82) is 0 Å². The van der Waals surface area contributed by atoms with Crippen molar-refractivity contribution < 1.29 is 19.1 Å². The molecule has 7 nitrogen and oxygen atoms in total. The molecule has 2 atom stereocenters. The molecule has 2 unspecified atom stereocenters. The molecule has 44 heavy (non-hydrogen) atoms. The zero-order valence-electron chi connectivity index (χ0n) is 27.2. The Kier molecular flexibility index (Phi) is 13.0. The lowest BCUT2D eigenvalue weighted by molar-refractivity contribution is -0.140. The van der Waals surface area contributed by atoms with Crippen LogP contribution in [0, 0.1) is 13.8 Å². The van der Waals surface area contributed by atoms with E-state index in [1.807, 2.05) is 92.7 Å². The van der Waals surface area contributed by atoms with Crippen LogP contribution in [0.1, 0.15) is 88.1 Å². The zero-order valence-corrected chi connectivity index (χ0v) is 27.2. The molecule has 0 heterocycles. The maximum atomic E-state index is 14.6. The number of rotatable bonds is 14. The molecule has 7 heteroatoms. The van der Waals surface area contributed by atoms with E-state index in [0.29, 0.717) is 17.8 Å². The van der Waals surface area contributed by atoms with Crippen molar-refractivity contribution in [2.45, 2.75) is 97.8 Å². The van der Waals surface area contributed by atoms with Crippen molar-refractivity contribution >= 4 is 23.6 Å². The van der Waals surface area contributed by atoms with Gasteiger partial charge in [-0.1, -0.05) is 111 Å². The Labute approximate surface area is 263 Å². The molecule has 2 N–H and O–H groups in total. The summed E-state index contributed by atoms with van der Waals surface area (Å²) in [5.74, 6) is -0.637. The number of nitrogens with one attached hydrogen (secondary N) is 2. The van der Waals surface area contributed by atoms with Crippen LogP contribution in [0.25, 0.3) is 0 Å². The number of para-hydroxylation sites is 1. The fourth-order valence-corrected chi connectivity index (χ4v) is 5.09. The molecule has 0 saturated carbocycles. The molecule has 0 aromatic heterocycles. The predicted molar refractivity (Wildman–Crippen MR) is 178 cm³/mol. The maximum Gasteiger partial charge on any atom is 0.408 e. The first-order valence-corrected chi connectivity index (χ1v) is 15.8. The second kappa shape index (κ2) is 16.6. The predicted octanol–water partition coefficient (Wildman–Crippen LogP) is 7.92. The molecule has 0 aliphatic heterocycles. The highest BCUT2D eigenvalue weighted by Gasteiger charge is 2.36. The number of ether oxygens (including phenoxy) is 1. The molecule has 0 radical (unpaired) electrons. The van der Waals surface area contributed by atoms with Crippen LogP contribution >= 0.6 is 0 Å². The van der Waals surface area contributed by atoms with Crippen molar-refractivity contribution in [3.63, 3.8) is 0 Å². The number of alkyl carbamates (subject to hydrolysis) is 1. The molecular weight excluding hydrogens is 550 g/mol. The van der Waals surface area contributed by atoms with Gasteiger partial charge in [0.2, 0.25) is 5.91 Å². The van der Waals surface area contributed by atoms with Gasteiger partial charge in [-0.3, -0.25) is 9.59 Å². The first kappa shape index (κ1) is 34.4. The number of hydrogen-bond donors (Lipinski definition) is 2. The number of carbonyl (C=O) groups excluding carboxylic acids is 3. The Morgan fingerprint density at radius 1 is 0.818 bits per heavy atom. The van der Waals surface area contributed by atoms with Gasteiger partial charge in [-0.05, 0) is 63.8 Å². The monoisotopic (exact) mass is 599 g/mol. The van der Waals surface area contributed by atoms with Crippen LogP contribution in [0.3, 0.4) is 0 Å². The molecule has 0 spiro atoms. The van der Waals surface area contributed by atoms with Crippen LogP contribution < -0.4 is 10.6 Å². The normalized spacial score (nSPS) is 12.6. The largest absolute Gasteiger partial charge is 0.444 e. The summed E-state index contributed by atoms with van der Waals surface area (Å²) in [6, 6.07) is 23.0. The van der Waals surface area contributed by atoms with Gasteiger partial charge in [-0.15, -0.1) is 0 Å². The van der Waals surface area contributed by atoms with Crippen LogP contribution in [0.5, 0.6) is 0 Å². The number of amides is 3. The number of carbonyl (C=O) groups is 3. The molecule has 3 rings (SSSR count). The Bertz CT molecular complexity index is 1350. The summed E-state index contributed by atoms with van der Waals surface area (Å²) < 4.78 is 5.56. The Balaban J connectivity index is 2.05. The standard InChI is InChI=1S/C37H49N3O4/c1-7-8-9-10-16-25-40(35(42)32(26-29-18-12-11-13-19-29)39-36(43)44-37(4,5)6)33(30-23-21-27(2)22-24-30)34(41)38-31-20-15-14-17-28(31)3/h11-15,17-24,32-33H,7-10,16,25-26H2,1-6H3,(H,38,41)(H,39,43). The summed E-state index contributed by atoms with van der Waals surface area (Å²) in [5, 5.41) is 5.93. The maximum absolute atomic E-state index is 14.6. The number of anilines is 1. The van der Waals surface area contributed by atoms with Crippen LogP contribution in [0.2, 0.25) is 0 Å². The second-order valence-electron chi connectivity index (χ2n) is 12.5. The van der Waals surface area contributed by atoms with E-state index in [1.54, 1.807) is 25.7 Å². The summed E-state index contributed by atoms with van der Waals surface area (Å²) in [7, 11) is 0. The van der Waals surface area contributed by atoms with Crippen LogP contribution in [-0.2, 0) is 20.7 Å². The van der Waals surface area contributed by atoms with E-state index in [2.05, 4.69) is 17.6 Å². The zero-order chi connectivity index (χ0) is 32.1. The van der Waals surface area contributed by atoms with E-state index in [4.69, 9.17) is 4.74 Å². The summed E-state index contributed by atoms with van der Waals surface area (Å²) >= 11 is 0. The van der Waals surface area contributed by atoms with Gasteiger partial charge in [0.25, 0.3) is 5.91 Å². The van der Waals surface area contributed by atoms with E-state index >= 15 is 0 Å². The fraction of sp³-hybridized carbons (Fsp3) is 0.432. The topological polar surface area (TPSA) is 87.7 Å². The first-order valence-electron chi connectivity index (χ1n) is 15.8. The molecule has 0 bridgehead atoms. The van der Waals surface area contributed by atoms with Gasteiger partial charge >= 0.3 is 6.09 Å².